The first kappa shape index (κ1) is 16.6. The van der Waals surface area contributed by atoms with Crippen molar-refractivity contribution in [3.05, 3.63) is 63.8 Å². The number of nitrogens with one attached hydrogen (secondary N) is 1. The summed E-state index contributed by atoms with van der Waals surface area (Å²) in [7, 11) is 3.29. The van der Waals surface area contributed by atoms with Gasteiger partial charge < -0.3 is 15.8 Å². The molecule has 128 valence electrons. The van der Waals surface area contributed by atoms with Gasteiger partial charge in [0, 0.05) is 24.6 Å². The minimum atomic E-state index is -0.564. The summed E-state index contributed by atoms with van der Waals surface area (Å²) in [6.07, 6.45) is 0. The molecule has 0 fully saturated rings. The number of hydrogen-bond donors (Lipinski definition) is 2. The molecule has 0 bridgehead atoms. The van der Waals surface area contributed by atoms with Gasteiger partial charge in [-0.05, 0) is 23.8 Å². The third-order valence-electron chi connectivity index (χ3n) is 3.91. The van der Waals surface area contributed by atoms with E-state index in [0.717, 1.165) is 11.3 Å². The van der Waals surface area contributed by atoms with Crippen LogP contribution in [0.3, 0.4) is 0 Å². The zero-order chi connectivity index (χ0) is 18.0. The van der Waals surface area contributed by atoms with Crippen molar-refractivity contribution >= 4 is 22.5 Å². The Bertz CT molecular complexity index is 927. The predicted molar refractivity (Wildman–Crippen MR) is 94.8 cm³/mol. The van der Waals surface area contributed by atoms with E-state index in [0.29, 0.717) is 22.5 Å². The summed E-state index contributed by atoms with van der Waals surface area (Å²) >= 11 is 0. The SMILES string of the molecule is CNc1nc(C(N)c2ccc(OC)cc2)c2cc([N+](=O)[O-])ccc2n1. The topological polar surface area (TPSA) is 116 Å². The number of hydrogen-bond acceptors (Lipinski definition) is 7. The Kier molecular flexibility index (Phi) is 4.44. The molecule has 0 aliphatic heterocycles. The van der Waals surface area contributed by atoms with E-state index in [1.165, 1.54) is 12.1 Å². The second-order valence-corrected chi connectivity index (χ2v) is 5.39. The van der Waals surface area contributed by atoms with E-state index >= 15 is 0 Å². The van der Waals surface area contributed by atoms with Crippen LogP contribution in [0.2, 0.25) is 0 Å². The van der Waals surface area contributed by atoms with E-state index < -0.39 is 11.0 Å². The first-order valence-electron chi connectivity index (χ1n) is 7.57. The average molecular weight is 339 g/mol. The maximum Gasteiger partial charge on any atom is 0.270 e. The van der Waals surface area contributed by atoms with E-state index in [2.05, 4.69) is 15.3 Å². The average Bonchev–Trinajstić information content (AvgIpc) is 2.66. The van der Waals surface area contributed by atoms with Crippen molar-refractivity contribution in [3.8, 4) is 5.75 Å². The summed E-state index contributed by atoms with van der Waals surface area (Å²) in [5.74, 6) is 1.12. The molecule has 0 saturated heterocycles. The van der Waals surface area contributed by atoms with Crippen molar-refractivity contribution in [1.82, 2.24) is 9.97 Å². The zero-order valence-electron chi connectivity index (χ0n) is 13.8. The molecular formula is C17H17N5O3. The van der Waals surface area contributed by atoms with Crippen molar-refractivity contribution in [2.45, 2.75) is 6.04 Å². The number of ether oxygens (including phenoxy) is 1. The monoisotopic (exact) mass is 339 g/mol. The van der Waals surface area contributed by atoms with E-state index in [1.54, 1.807) is 32.4 Å². The number of nitro benzene ring substituents is 1. The summed E-state index contributed by atoms with van der Waals surface area (Å²) in [6.45, 7) is 0. The predicted octanol–water partition coefficient (Wildman–Crippen LogP) is 2.64. The highest BCUT2D eigenvalue weighted by atomic mass is 16.6. The second-order valence-electron chi connectivity index (χ2n) is 5.39. The summed E-state index contributed by atoms with van der Waals surface area (Å²) in [4.78, 5) is 19.4. The molecule has 8 heteroatoms. The molecule has 1 aromatic heterocycles. The summed E-state index contributed by atoms with van der Waals surface area (Å²) in [5.41, 5.74) is 8.28. The summed E-state index contributed by atoms with van der Waals surface area (Å²) in [6, 6.07) is 11.2. The first-order valence-corrected chi connectivity index (χ1v) is 7.57. The Labute approximate surface area is 143 Å². The third kappa shape index (κ3) is 3.20. The Morgan fingerprint density at radius 3 is 2.52 bits per heavy atom. The molecule has 8 nitrogen and oxygen atoms in total. The van der Waals surface area contributed by atoms with Crippen molar-refractivity contribution in [2.24, 2.45) is 5.73 Å². The van der Waals surface area contributed by atoms with Gasteiger partial charge in [-0.15, -0.1) is 0 Å². The number of nitrogens with two attached hydrogens (primary N) is 1. The molecule has 0 amide bonds. The molecule has 0 aliphatic rings. The quantitative estimate of drug-likeness (QED) is 0.542. The fraction of sp³-hybridized carbons (Fsp3) is 0.176. The van der Waals surface area contributed by atoms with Gasteiger partial charge in [0.05, 0.1) is 29.3 Å². The maximum absolute atomic E-state index is 11.1. The molecule has 0 spiro atoms. The number of benzene rings is 2. The lowest BCUT2D eigenvalue weighted by Crippen LogP contribution is -2.15. The van der Waals surface area contributed by atoms with Crippen LogP contribution in [0.25, 0.3) is 10.9 Å². The molecule has 3 rings (SSSR count). The molecule has 3 N–H and O–H groups in total. The van der Waals surface area contributed by atoms with Crippen molar-refractivity contribution in [1.29, 1.82) is 0 Å². The molecule has 0 saturated carbocycles. The lowest BCUT2D eigenvalue weighted by atomic mass is 10.0. The minimum absolute atomic E-state index is 0.0310. The minimum Gasteiger partial charge on any atom is -0.497 e. The van der Waals surface area contributed by atoms with E-state index in [-0.39, 0.29) is 5.69 Å². The lowest BCUT2D eigenvalue weighted by molar-refractivity contribution is -0.384. The van der Waals surface area contributed by atoms with Gasteiger partial charge in [0.2, 0.25) is 5.95 Å². The van der Waals surface area contributed by atoms with E-state index in [4.69, 9.17) is 10.5 Å². The number of methoxy groups -OCH3 is 1. The Morgan fingerprint density at radius 2 is 1.92 bits per heavy atom. The summed E-state index contributed by atoms with van der Waals surface area (Å²) < 4.78 is 5.15. The highest BCUT2D eigenvalue weighted by Gasteiger charge is 2.19. The molecule has 1 atom stereocenters. The van der Waals surface area contributed by atoms with Crippen molar-refractivity contribution in [2.75, 3.05) is 19.5 Å². The van der Waals surface area contributed by atoms with Crippen molar-refractivity contribution < 1.29 is 9.66 Å². The van der Waals surface area contributed by atoms with Crippen LogP contribution in [-0.4, -0.2) is 29.0 Å². The molecule has 0 radical (unpaired) electrons. The standard InChI is InChI=1S/C17H17N5O3/c1-19-17-20-14-8-5-11(22(23)24)9-13(14)16(21-17)15(18)10-3-6-12(25-2)7-4-10/h3-9,15H,18H2,1-2H3,(H,19,20,21). The number of nitro groups is 1. The smallest absolute Gasteiger partial charge is 0.270 e. The number of non-ortho nitro benzene ring substituents is 1. The van der Waals surface area contributed by atoms with Crippen LogP contribution in [0, 0.1) is 10.1 Å². The van der Waals surface area contributed by atoms with Gasteiger partial charge in [0.1, 0.15) is 5.75 Å². The van der Waals surface area contributed by atoms with Gasteiger partial charge >= 0.3 is 0 Å². The highest BCUT2D eigenvalue weighted by molar-refractivity contribution is 5.85. The molecule has 25 heavy (non-hydrogen) atoms. The van der Waals surface area contributed by atoms with Gasteiger partial charge in [-0.3, -0.25) is 10.1 Å². The number of anilines is 1. The van der Waals surface area contributed by atoms with Crippen LogP contribution < -0.4 is 15.8 Å². The third-order valence-corrected chi connectivity index (χ3v) is 3.91. The molecule has 3 aromatic rings. The molecule has 0 aliphatic carbocycles. The van der Waals surface area contributed by atoms with Crippen molar-refractivity contribution in [3.63, 3.8) is 0 Å². The van der Waals surface area contributed by atoms with Crippen LogP contribution in [0.1, 0.15) is 17.3 Å². The first-order chi connectivity index (χ1) is 12.0. The number of rotatable bonds is 5. The molecule has 2 aromatic carbocycles. The zero-order valence-corrected chi connectivity index (χ0v) is 13.8. The number of fused-ring (bicyclic) bond motifs is 1. The van der Waals surface area contributed by atoms with Crippen LogP contribution >= 0.6 is 0 Å². The van der Waals surface area contributed by atoms with Crippen LogP contribution in [0.5, 0.6) is 5.75 Å². The van der Waals surface area contributed by atoms with E-state index in [1.807, 2.05) is 12.1 Å². The maximum atomic E-state index is 11.1. The Balaban J connectivity index is 2.16. The second kappa shape index (κ2) is 6.70. The van der Waals surface area contributed by atoms with Gasteiger partial charge in [-0.1, -0.05) is 12.1 Å². The van der Waals surface area contributed by atoms with Gasteiger partial charge in [0.25, 0.3) is 5.69 Å². The fourth-order valence-electron chi connectivity index (χ4n) is 2.57. The number of aromatic nitrogens is 2. The largest absolute Gasteiger partial charge is 0.497 e. The fourth-order valence-corrected chi connectivity index (χ4v) is 2.57. The van der Waals surface area contributed by atoms with Gasteiger partial charge in [-0.25, -0.2) is 9.97 Å². The van der Waals surface area contributed by atoms with Crippen LogP contribution in [0.15, 0.2) is 42.5 Å². The Morgan fingerprint density at radius 1 is 1.20 bits per heavy atom. The normalized spacial score (nSPS) is 12.0. The molecule has 1 unspecified atom stereocenters. The van der Waals surface area contributed by atoms with Gasteiger partial charge in [-0.2, -0.15) is 0 Å². The number of nitrogens with zero attached hydrogens (tertiary/aromatic N) is 3. The van der Waals surface area contributed by atoms with Crippen LogP contribution in [0.4, 0.5) is 11.6 Å². The van der Waals surface area contributed by atoms with Gasteiger partial charge in [0.15, 0.2) is 0 Å². The molecular weight excluding hydrogens is 322 g/mol. The highest BCUT2D eigenvalue weighted by Crippen LogP contribution is 2.29. The lowest BCUT2D eigenvalue weighted by Gasteiger charge is -2.15. The Hall–Kier alpha value is -3.26. The molecule has 1 heterocycles. The van der Waals surface area contributed by atoms with Crippen LogP contribution in [-0.2, 0) is 0 Å². The van der Waals surface area contributed by atoms with E-state index in [9.17, 15) is 10.1 Å². The summed E-state index contributed by atoms with van der Waals surface area (Å²) in [5, 5.41) is 14.5.